The molecular weight excluding hydrogens is 332 g/mol. The first kappa shape index (κ1) is 20.1. The Balaban J connectivity index is 2.55. The second-order valence-electron chi connectivity index (χ2n) is 6.64. The summed E-state index contributed by atoms with van der Waals surface area (Å²) in [4.78, 5) is 29.4. The zero-order valence-electron chi connectivity index (χ0n) is 16.2. The number of ether oxygens (including phenoxy) is 2. The van der Waals surface area contributed by atoms with E-state index in [9.17, 15) is 9.59 Å². The van der Waals surface area contributed by atoms with E-state index >= 15 is 0 Å². The molecule has 1 aliphatic rings. The summed E-state index contributed by atoms with van der Waals surface area (Å²) < 4.78 is 10.4. The number of nitrogens with zero attached hydrogens (tertiary/aromatic N) is 2. The predicted molar refractivity (Wildman–Crippen MR) is 100 cm³/mol. The van der Waals surface area contributed by atoms with Crippen LogP contribution in [0.1, 0.15) is 25.0 Å². The molecule has 1 aliphatic heterocycles. The minimum atomic E-state index is -0.257. The fraction of sp³-hybridized carbons (Fsp3) is 0.500. The smallest absolute Gasteiger partial charge is 0.278 e. The van der Waals surface area contributed by atoms with E-state index in [1.165, 1.54) is 4.90 Å². The van der Waals surface area contributed by atoms with Gasteiger partial charge in [-0.05, 0) is 26.3 Å². The maximum Gasteiger partial charge on any atom is 0.278 e. The van der Waals surface area contributed by atoms with Gasteiger partial charge in [-0.25, -0.2) is 0 Å². The van der Waals surface area contributed by atoms with Gasteiger partial charge in [-0.2, -0.15) is 0 Å². The van der Waals surface area contributed by atoms with Gasteiger partial charge in [-0.15, -0.1) is 0 Å². The Kier molecular flexibility index (Phi) is 6.94. The summed E-state index contributed by atoms with van der Waals surface area (Å²) in [6, 6.07) is 7.48. The lowest BCUT2D eigenvalue weighted by atomic mass is 10.0. The summed E-state index contributed by atoms with van der Waals surface area (Å²) in [7, 11) is 3.23. The molecule has 2 rings (SSSR count). The summed E-state index contributed by atoms with van der Waals surface area (Å²) >= 11 is 0. The number of hydrogen-bond acceptors (Lipinski definition) is 5. The number of carbonyl (C=O) groups is 2. The van der Waals surface area contributed by atoms with E-state index < -0.39 is 0 Å². The maximum atomic E-state index is 13.1. The van der Waals surface area contributed by atoms with Crippen molar-refractivity contribution < 1.29 is 19.1 Å². The summed E-state index contributed by atoms with van der Waals surface area (Å²) in [5.74, 6) is -0.503. The van der Waals surface area contributed by atoms with Gasteiger partial charge in [-0.3, -0.25) is 14.5 Å². The summed E-state index contributed by atoms with van der Waals surface area (Å²) in [5.41, 5.74) is 2.74. The molecule has 1 aromatic carbocycles. The lowest BCUT2D eigenvalue weighted by molar-refractivity contribution is -0.139. The molecule has 26 heavy (non-hydrogen) atoms. The molecule has 6 nitrogen and oxygen atoms in total. The molecule has 1 aromatic rings. The molecule has 6 heteroatoms. The standard InChI is InChI=1S/C20H28N2O4/c1-14(2)22-19(23)17(16-8-6-15(3)7-9-16)18(20(22)24)21(10-12-25-4)11-13-26-5/h6-9,14H,10-13H2,1-5H3. The van der Waals surface area contributed by atoms with Gasteiger partial charge in [-0.1, -0.05) is 29.8 Å². The molecule has 0 saturated heterocycles. The molecule has 0 unspecified atom stereocenters. The number of carbonyl (C=O) groups excluding carboxylic acids is 2. The second kappa shape index (κ2) is 8.96. The summed E-state index contributed by atoms with van der Waals surface area (Å²) in [6.45, 7) is 7.62. The zero-order chi connectivity index (χ0) is 19.3. The van der Waals surface area contributed by atoms with Gasteiger partial charge in [0.05, 0.1) is 18.8 Å². The first-order chi connectivity index (χ1) is 12.4. The van der Waals surface area contributed by atoms with Crippen molar-refractivity contribution in [1.29, 1.82) is 0 Å². The zero-order valence-corrected chi connectivity index (χ0v) is 16.2. The molecule has 0 atom stereocenters. The van der Waals surface area contributed by atoms with Gasteiger partial charge in [0.15, 0.2) is 0 Å². The van der Waals surface area contributed by atoms with Crippen molar-refractivity contribution in [2.75, 3.05) is 40.5 Å². The van der Waals surface area contributed by atoms with E-state index in [4.69, 9.17) is 9.47 Å². The molecule has 0 N–H and O–H groups in total. The molecule has 0 aliphatic carbocycles. The normalized spacial score (nSPS) is 14.8. The molecule has 0 bridgehead atoms. The topological polar surface area (TPSA) is 59.1 Å². The maximum absolute atomic E-state index is 13.1. The van der Waals surface area contributed by atoms with Crippen LogP contribution in [0.3, 0.4) is 0 Å². The number of aryl methyl sites for hydroxylation is 1. The number of rotatable bonds is 9. The lowest BCUT2D eigenvalue weighted by Gasteiger charge is -2.26. The highest BCUT2D eigenvalue weighted by Crippen LogP contribution is 2.32. The Labute approximate surface area is 155 Å². The van der Waals surface area contributed by atoms with Crippen molar-refractivity contribution >= 4 is 17.4 Å². The van der Waals surface area contributed by atoms with E-state index in [2.05, 4.69) is 0 Å². The van der Waals surface area contributed by atoms with Crippen molar-refractivity contribution in [3.63, 3.8) is 0 Å². The van der Waals surface area contributed by atoms with Gasteiger partial charge < -0.3 is 14.4 Å². The molecule has 0 aromatic heterocycles. The molecule has 0 fully saturated rings. The van der Waals surface area contributed by atoms with E-state index in [1.54, 1.807) is 14.2 Å². The molecule has 2 amide bonds. The number of imide groups is 1. The van der Waals surface area contributed by atoms with Crippen LogP contribution < -0.4 is 0 Å². The first-order valence-electron chi connectivity index (χ1n) is 8.84. The Hall–Kier alpha value is -2.18. The fourth-order valence-electron chi connectivity index (χ4n) is 3.02. The fourth-order valence-corrected chi connectivity index (χ4v) is 3.02. The molecular formula is C20H28N2O4. The van der Waals surface area contributed by atoms with Crippen molar-refractivity contribution in [2.45, 2.75) is 26.8 Å². The molecule has 142 valence electrons. The van der Waals surface area contributed by atoms with Crippen LogP contribution in [0.2, 0.25) is 0 Å². The lowest BCUT2D eigenvalue weighted by Crippen LogP contribution is -2.40. The minimum Gasteiger partial charge on any atom is -0.383 e. The Bertz CT molecular complexity index is 672. The van der Waals surface area contributed by atoms with Crippen molar-refractivity contribution in [3.8, 4) is 0 Å². The van der Waals surface area contributed by atoms with Crippen LogP contribution in [0.15, 0.2) is 30.0 Å². The summed E-state index contributed by atoms with van der Waals surface area (Å²) in [6.07, 6.45) is 0. The van der Waals surface area contributed by atoms with Gasteiger partial charge in [0.2, 0.25) is 0 Å². The van der Waals surface area contributed by atoms with Gasteiger partial charge in [0.25, 0.3) is 11.8 Å². The van der Waals surface area contributed by atoms with Crippen LogP contribution in [0.5, 0.6) is 0 Å². The van der Waals surface area contributed by atoms with Crippen molar-refractivity contribution in [2.24, 2.45) is 0 Å². The minimum absolute atomic E-state index is 0.209. The van der Waals surface area contributed by atoms with Crippen molar-refractivity contribution in [1.82, 2.24) is 9.80 Å². The molecule has 0 saturated carbocycles. The number of benzene rings is 1. The van der Waals surface area contributed by atoms with Crippen LogP contribution in [0.4, 0.5) is 0 Å². The number of amides is 2. The highest BCUT2D eigenvalue weighted by atomic mass is 16.5. The largest absolute Gasteiger partial charge is 0.383 e. The van der Waals surface area contributed by atoms with E-state index in [-0.39, 0.29) is 17.9 Å². The van der Waals surface area contributed by atoms with Crippen LogP contribution in [-0.2, 0) is 19.1 Å². The Morgan fingerprint density at radius 1 is 0.962 bits per heavy atom. The van der Waals surface area contributed by atoms with Crippen LogP contribution in [-0.4, -0.2) is 68.2 Å². The van der Waals surface area contributed by atoms with Crippen LogP contribution in [0.25, 0.3) is 5.57 Å². The second-order valence-corrected chi connectivity index (χ2v) is 6.64. The van der Waals surface area contributed by atoms with Crippen LogP contribution >= 0.6 is 0 Å². The third-order valence-corrected chi connectivity index (χ3v) is 4.39. The SMILES string of the molecule is COCCN(CCOC)C1=C(c2ccc(C)cc2)C(=O)N(C(C)C)C1=O. The Morgan fingerprint density at radius 2 is 1.50 bits per heavy atom. The number of methoxy groups -OCH3 is 2. The first-order valence-corrected chi connectivity index (χ1v) is 8.84. The highest BCUT2D eigenvalue weighted by Gasteiger charge is 2.42. The average molecular weight is 360 g/mol. The van der Waals surface area contributed by atoms with Gasteiger partial charge in [0, 0.05) is 33.4 Å². The summed E-state index contributed by atoms with van der Waals surface area (Å²) in [5, 5.41) is 0. The highest BCUT2D eigenvalue weighted by molar-refractivity contribution is 6.35. The van der Waals surface area contributed by atoms with E-state index in [0.29, 0.717) is 37.6 Å². The third kappa shape index (κ3) is 4.14. The van der Waals surface area contributed by atoms with Gasteiger partial charge >= 0.3 is 0 Å². The van der Waals surface area contributed by atoms with E-state index in [1.807, 2.05) is 49.9 Å². The third-order valence-electron chi connectivity index (χ3n) is 4.39. The van der Waals surface area contributed by atoms with E-state index in [0.717, 1.165) is 11.1 Å². The van der Waals surface area contributed by atoms with Crippen LogP contribution in [0, 0.1) is 6.92 Å². The molecule has 0 radical (unpaired) electrons. The Morgan fingerprint density at radius 3 is 1.96 bits per heavy atom. The quantitative estimate of drug-likeness (QED) is 0.631. The molecule has 0 spiro atoms. The molecule has 1 heterocycles. The van der Waals surface area contributed by atoms with Gasteiger partial charge in [0.1, 0.15) is 5.70 Å². The average Bonchev–Trinajstić information content (AvgIpc) is 2.86. The number of hydrogen-bond donors (Lipinski definition) is 0. The van der Waals surface area contributed by atoms with Crippen molar-refractivity contribution in [3.05, 3.63) is 41.1 Å². The predicted octanol–water partition coefficient (Wildman–Crippen LogP) is 2.08. The monoisotopic (exact) mass is 360 g/mol.